The Kier molecular flexibility index (Phi) is 3.13. The predicted molar refractivity (Wildman–Crippen MR) is 52.2 cm³/mol. The molecule has 15 heavy (non-hydrogen) atoms. The lowest BCUT2D eigenvalue weighted by Crippen LogP contribution is -1.98. The maximum Gasteiger partial charge on any atom is 0.287 e. The Labute approximate surface area is 86.1 Å². The van der Waals surface area contributed by atoms with Crippen molar-refractivity contribution in [1.29, 1.82) is 5.26 Å². The monoisotopic (exact) mass is 204 g/mol. The van der Waals surface area contributed by atoms with Crippen molar-refractivity contribution in [1.82, 2.24) is 0 Å². The minimum atomic E-state index is -0.615. The van der Waals surface area contributed by atoms with Gasteiger partial charge in [-0.3, -0.25) is 14.9 Å². The van der Waals surface area contributed by atoms with Crippen LogP contribution >= 0.6 is 0 Å². The van der Waals surface area contributed by atoms with Crippen LogP contribution in [0.2, 0.25) is 0 Å². The molecular weight excluding hydrogens is 196 g/mol. The Morgan fingerprint density at radius 3 is 2.73 bits per heavy atom. The van der Waals surface area contributed by atoms with Crippen molar-refractivity contribution >= 4 is 11.5 Å². The van der Waals surface area contributed by atoms with E-state index in [4.69, 9.17) is 5.26 Å². The summed E-state index contributed by atoms with van der Waals surface area (Å²) in [6, 6.07) is 5.85. The van der Waals surface area contributed by atoms with Gasteiger partial charge in [-0.2, -0.15) is 5.26 Å². The van der Waals surface area contributed by atoms with Crippen LogP contribution in [0.25, 0.3) is 0 Å². The highest BCUT2D eigenvalue weighted by Gasteiger charge is 2.13. The van der Waals surface area contributed by atoms with E-state index in [1.807, 2.05) is 0 Å². The molecule has 1 rings (SSSR count). The van der Waals surface area contributed by atoms with Crippen LogP contribution in [0.4, 0.5) is 5.69 Å². The maximum absolute atomic E-state index is 10.8. The molecule has 0 N–H and O–H groups in total. The summed E-state index contributed by atoms with van der Waals surface area (Å²) in [7, 11) is 0. The first-order chi connectivity index (χ1) is 7.04. The SMILES string of the molecule is CC(=O)Cc1ccc([N+](=O)[O-])c(C#N)c1. The van der Waals surface area contributed by atoms with Gasteiger partial charge in [0.1, 0.15) is 17.4 Å². The number of Topliss-reactive ketones (excluding diaryl/α,β-unsaturated/α-hetero) is 1. The molecule has 0 aliphatic heterocycles. The Morgan fingerprint density at radius 2 is 2.27 bits per heavy atom. The van der Waals surface area contributed by atoms with Gasteiger partial charge in [-0.25, -0.2) is 0 Å². The number of hydrogen-bond acceptors (Lipinski definition) is 4. The van der Waals surface area contributed by atoms with Crippen LogP contribution < -0.4 is 0 Å². The number of nitro groups is 1. The van der Waals surface area contributed by atoms with Gasteiger partial charge in [0, 0.05) is 12.5 Å². The van der Waals surface area contributed by atoms with Gasteiger partial charge in [-0.15, -0.1) is 0 Å². The van der Waals surface area contributed by atoms with Crippen molar-refractivity contribution in [2.24, 2.45) is 0 Å². The average molecular weight is 204 g/mol. The molecule has 0 radical (unpaired) electrons. The number of hydrogen-bond donors (Lipinski definition) is 0. The molecule has 0 aliphatic carbocycles. The van der Waals surface area contributed by atoms with Crippen molar-refractivity contribution in [3.05, 3.63) is 39.4 Å². The summed E-state index contributed by atoms with van der Waals surface area (Å²) in [6.07, 6.45) is 0.187. The lowest BCUT2D eigenvalue weighted by molar-refractivity contribution is -0.385. The molecule has 0 unspecified atom stereocenters. The van der Waals surface area contributed by atoms with E-state index < -0.39 is 4.92 Å². The molecular formula is C10H8N2O3. The molecule has 0 fully saturated rings. The molecule has 1 aromatic carbocycles. The number of benzene rings is 1. The first-order valence-corrected chi connectivity index (χ1v) is 4.21. The van der Waals surface area contributed by atoms with Gasteiger partial charge < -0.3 is 0 Å². The topological polar surface area (TPSA) is 84.0 Å². The number of nitriles is 1. The van der Waals surface area contributed by atoms with Gasteiger partial charge in [0.15, 0.2) is 0 Å². The quantitative estimate of drug-likeness (QED) is 0.552. The number of carbonyl (C=O) groups excluding carboxylic acids is 1. The van der Waals surface area contributed by atoms with Gasteiger partial charge in [0.25, 0.3) is 5.69 Å². The Morgan fingerprint density at radius 1 is 1.60 bits per heavy atom. The summed E-state index contributed by atoms with van der Waals surface area (Å²) in [4.78, 5) is 20.7. The zero-order valence-electron chi connectivity index (χ0n) is 8.06. The molecule has 0 bridgehead atoms. The van der Waals surface area contributed by atoms with Crippen molar-refractivity contribution in [2.45, 2.75) is 13.3 Å². The molecule has 0 atom stereocenters. The molecule has 0 amide bonds. The molecule has 5 nitrogen and oxygen atoms in total. The second kappa shape index (κ2) is 4.33. The third kappa shape index (κ3) is 2.61. The van der Waals surface area contributed by atoms with E-state index in [0.717, 1.165) is 0 Å². The van der Waals surface area contributed by atoms with E-state index in [1.54, 1.807) is 6.07 Å². The van der Waals surface area contributed by atoms with Crippen LogP contribution in [-0.2, 0) is 11.2 Å². The Balaban J connectivity index is 3.15. The summed E-state index contributed by atoms with van der Waals surface area (Å²) >= 11 is 0. The zero-order valence-corrected chi connectivity index (χ0v) is 8.06. The van der Waals surface area contributed by atoms with Crippen LogP contribution in [-0.4, -0.2) is 10.7 Å². The molecule has 5 heteroatoms. The van der Waals surface area contributed by atoms with Crippen LogP contribution in [0.1, 0.15) is 18.1 Å². The fourth-order valence-corrected chi connectivity index (χ4v) is 1.23. The van der Waals surface area contributed by atoms with E-state index in [2.05, 4.69) is 0 Å². The highest BCUT2D eigenvalue weighted by molar-refractivity contribution is 5.78. The predicted octanol–water partition coefficient (Wildman–Crippen LogP) is 1.60. The van der Waals surface area contributed by atoms with Crippen molar-refractivity contribution < 1.29 is 9.72 Å². The highest BCUT2D eigenvalue weighted by atomic mass is 16.6. The van der Waals surface area contributed by atoms with Crippen molar-refractivity contribution in [2.75, 3.05) is 0 Å². The fraction of sp³-hybridized carbons (Fsp3) is 0.200. The van der Waals surface area contributed by atoms with E-state index in [9.17, 15) is 14.9 Å². The summed E-state index contributed by atoms with van der Waals surface area (Å²) < 4.78 is 0. The number of ketones is 1. The maximum atomic E-state index is 10.8. The lowest BCUT2D eigenvalue weighted by Gasteiger charge is -1.99. The largest absolute Gasteiger partial charge is 0.300 e. The first kappa shape index (κ1) is 10.9. The van der Waals surface area contributed by atoms with E-state index in [1.165, 1.54) is 25.1 Å². The fourth-order valence-electron chi connectivity index (χ4n) is 1.23. The van der Waals surface area contributed by atoms with E-state index >= 15 is 0 Å². The van der Waals surface area contributed by atoms with Crippen molar-refractivity contribution in [3.63, 3.8) is 0 Å². The smallest absolute Gasteiger partial charge is 0.287 e. The molecule has 1 aromatic rings. The number of carbonyl (C=O) groups is 1. The lowest BCUT2D eigenvalue weighted by atomic mass is 10.1. The van der Waals surface area contributed by atoms with Crippen LogP contribution in [0.3, 0.4) is 0 Å². The minimum absolute atomic E-state index is 0.0150. The molecule has 0 aliphatic rings. The Bertz CT molecular complexity index is 460. The van der Waals surface area contributed by atoms with Gasteiger partial charge in [0.2, 0.25) is 0 Å². The molecule has 0 aromatic heterocycles. The van der Waals surface area contributed by atoms with Gasteiger partial charge in [-0.1, -0.05) is 6.07 Å². The summed E-state index contributed by atoms with van der Waals surface area (Å²) in [5, 5.41) is 19.2. The summed E-state index contributed by atoms with van der Waals surface area (Å²) in [5.74, 6) is -0.0484. The molecule has 0 saturated carbocycles. The molecule has 0 saturated heterocycles. The number of nitro benzene ring substituents is 1. The second-order valence-corrected chi connectivity index (χ2v) is 3.10. The molecule has 76 valence electrons. The molecule has 0 spiro atoms. The van der Waals surface area contributed by atoms with E-state index in [-0.39, 0.29) is 23.5 Å². The summed E-state index contributed by atoms with van der Waals surface area (Å²) in [6.45, 7) is 1.42. The standard InChI is InChI=1S/C10H8N2O3/c1-7(13)4-8-2-3-10(12(14)15)9(5-8)6-11/h2-3,5H,4H2,1H3. The van der Waals surface area contributed by atoms with Crippen LogP contribution in [0.5, 0.6) is 0 Å². The van der Waals surface area contributed by atoms with Gasteiger partial charge in [0.05, 0.1) is 4.92 Å². The van der Waals surface area contributed by atoms with E-state index in [0.29, 0.717) is 5.56 Å². The third-order valence-corrected chi connectivity index (χ3v) is 1.83. The third-order valence-electron chi connectivity index (χ3n) is 1.83. The highest BCUT2D eigenvalue weighted by Crippen LogP contribution is 2.19. The minimum Gasteiger partial charge on any atom is -0.300 e. The normalized spacial score (nSPS) is 9.33. The number of rotatable bonds is 3. The summed E-state index contributed by atoms with van der Waals surface area (Å²) in [5.41, 5.74) is 0.369. The first-order valence-electron chi connectivity index (χ1n) is 4.21. The Hall–Kier alpha value is -2.22. The van der Waals surface area contributed by atoms with Gasteiger partial charge >= 0.3 is 0 Å². The van der Waals surface area contributed by atoms with Gasteiger partial charge in [-0.05, 0) is 18.6 Å². The van der Waals surface area contributed by atoms with Crippen LogP contribution in [0, 0.1) is 21.4 Å². The second-order valence-electron chi connectivity index (χ2n) is 3.10. The van der Waals surface area contributed by atoms with Crippen molar-refractivity contribution in [3.8, 4) is 6.07 Å². The number of nitrogens with zero attached hydrogens (tertiary/aromatic N) is 2. The van der Waals surface area contributed by atoms with Crippen LogP contribution in [0.15, 0.2) is 18.2 Å². The zero-order chi connectivity index (χ0) is 11.4. The average Bonchev–Trinajstić information content (AvgIpc) is 2.16. The molecule has 0 heterocycles.